The highest BCUT2D eigenvalue weighted by Crippen LogP contribution is 2.33. The normalized spacial score (nSPS) is 13.6. The average molecular weight is 268 g/mol. The van der Waals surface area contributed by atoms with E-state index in [0.29, 0.717) is 19.2 Å². The van der Waals surface area contributed by atoms with Gasteiger partial charge in [0.2, 0.25) is 5.95 Å². The van der Waals surface area contributed by atoms with Crippen molar-refractivity contribution in [2.75, 3.05) is 18.9 Å². The first-order valence-electron chi connectivity index (χ1n) is 6.31. The number of benzene rings is 1. The van der Waals surface area contributed by atoms with Crippen LogP contribution in [0.25, 0.3) is 16.7 Å². The number of pyridine rings is 1. The van der Waals surface area contributed by atoms with Gasteiger partial charge in [0.1, 0.15) is 18.7 Å². The Morgan fingerprint density at radius 2 is 1.95 bits per heavy atom. The maximum Gasteiger partial charge on any atom is 0.205 e. The predicted molar refractivity (Wildman–Crippen MR) is 74.3 cm³/mol. The van der Waals surface area contributed by atoms with Crippen molar-refractivity contribution in [3.63, 3.8) is 0 Å². The van der Waals surface area contributed by atoms with Crippen LogP contribution in [-0.4, -0.2) is 27.7 Å². The van der Waals surface area contributed by atoms with Crippen LogP contribution in [0.4, 0.5) is 5.95 Å². The molecule has 20 heavy (non-hydrogen) atoms. The van der Waals surface area contributed by atoms with Gasteiger partial charge in [-0.2, -0.15) is 0 Å². The van der Waals surface area contributed by atoms with E-state index in [0.717, 1.165) is 28.2 Å². The minimum absolute atomic E-state index is 0.421. The number of aromatic nitrogens is 3. The number of imidazole rings is 1. The van der Waals surface area contributed by atoms with E-state index in [1.165, 1.54) is 0 Å². The molecule has 100 valence electrons. The van der Waals surface area contributed by atoms with Gasteiger partial charge >= 0.3 is 0 Å². The third kappa shape index (κ3) is 1.58. The van der Waals surface area contributed by atoms with Gasteiger partial charge in [0.15, 0.2) is 11.5 Å². The number of rotatable bonds is 1. The van der Waals surface area contributed by atoms with E-state index in [4.69, 9.17) is 15.2 Å². The molecule has 1 aliphatic heterocycles. The molecule has 0 spiro atoms. The Kier molecular flexibility index (Phi) is 2.29. The second kappa shape index (κ2) is 4.12. The first kappa shape index (κ1) is 11.1. The van der Waals surface area contributed by atoms with Crippen molar-refractivity contribution in [1.29, 1.82) is 0 Å². The van der Waals surface area contributed by atoms with E-state index in [9.17, 15) is 0 Å². The Labute approximate surface area is 114 Å². The van der Waals surface area contributed by atoms with E-state index >= 15 is 0 Å². The van der Waals surface area contributed by atoms with E-state index in [1.54, 1.807) is 12.4 Å². The smallest absolute Gasteiger partial charge is 0.205 e. The Hall–Kier alpha value is -2.76. The number of nitrogens with zero attached hydrogens (tertiary/aromatic N) is 3. The summed E-state index contributed by atoms with van der Waals surface area (Å²) in [5, 5.41) is 0. The molecular formula is C14H12N4O2. The number of ether oxygens (including phenoxy) is 2. The summed E-state index contributed by atoms with van der Waals surface area (Å²) in [7, 11) is 0. The molecule has 4 rings (SSSR count). The van der Waals surface area contributed by atoms with Crippen molar-refractivity contribution in [2.45, 2.75) is 0 Å². The van der Waals surface area contributed by atoms with Crippen LogP contribution in [0.1, 0.15) is 0 Å². The molecule has 0 radical (unpaired) electrons. The molecule has 0 fully saturated rings. The lowest BCUT2D eigenvalue weighted by Crippen LogP contribution is -2.15. The summed E-state index contributed by atoms with van der Waals surface area (Å²) in [4.78, 5) is 8.36. The molecule has 0 atom stereocenters. The zero-order valence-corrected chi connectivity index (χ0v) is 10.6. The second-order valence-electron chi connectivity index (χ2n) is 4.50. The number of nitrogens with two attached hydrogens (primary N) is 1. The summed E-state index contributed by atoms with van der Waals surface area (Å²) in [5.74, 6) is 1.90. The largest absolute Gasteiger partial charge is 0.486 e. The summed E-state index contributed by atoms with van der Waals surface area (Å²) in [6, 6.07) is 7.61. The quantitative estimate of drug-likeness (QED) is 0.728. The van der Waals surface area contributed by atoms with E-state index in [-0.39, 0.29) is 0 Å². The number of nitrogen functional groups attached to an aromatic ring is 1. The minimum atomic E-state index is 0.421. The summed E-state index contributed by atoms with van der Waals surface area (Å²) < 4.78 is 13.0. The van der Waals surface area contributed by atoms with Crippen molar-refractivity contribution in [1.82, 2.24) is 14.5 Å². The maximum atomic E-state index is 6.01. The van der Waals surface area contributed by atoms with Gasteiger partial charge in [0.25, 0.3) is 0 Å². The number of hydrogen-bond acceptors (Lipinski definition) is 5. The standard InChI is InChI=1S/C14H12N4O2/c15-14-17-10-8-16-4-3-11(10)18(14)9-1-2-12-13(7-9)20-6-5-19-12/h1-4,7-8H,5-6H2,(H2,15,17). The summed E-state index contributed by atoms with van der Waals surface area (Å²) >= 11 is 0. The van der Waals surface area contributed by atoms with Crippen molar-refractivity contribution >= 4 is 17.0 Å². The minimum Gasteiger partial charge on any atom is -0.486 e. The van der Waals surface area contributed by atoms with Crippen molar-refractivity contribution in [3.05, 3.63) is 36.7 Å². The molecule has 1 aromatic carbocycles. The number of fused-ring (bicyclic) bond motifs is 2. The third-order valence-corrected chi connectivity index (χ3v) is 3.27. The van der Waals surface area contributed by atoms with E-state index in [1.807, 2.05) is 28.8 Å². The van der Waals surface area contributed by atoms with Gasteiger partial charge in [-0.1, -0.05) is 0 Å². The molecular weight excluding hydrogens is 256 g/mol. The molecule has 1 aliphatic rings. The molecule has 6 heteroatoms. The molecule has 2 aromatic heterocycles. The SMILES string of the molecule is Nc1nc2cnccc2n1-c1ccc2c(c1)OCCO2. The van der Waals surface area contributed by atoms with Crippen molar-refractivity contribution in [3.8, 4) is 17.2 Å². The highest BCUT2D eigenvalue weighted by atomic mass is 16.6. The van der Waals surface area contributed by atoms with Crippen LogP contribution in [0.15, 0.2) is 36.7 Å². The molecule has 0 bridgehead atoms. The topological polar surface area (TPSA) is 75.2 Å². The Morgan fingerprint density at radius 3 is 2.85 bits per heavy atom. The lowest BCUT2D eigenvalue weighted by Gasteiger charge is -2.19. The predicted octanol–water partition coefficient (Wildman–Crippen LogP) is 1.77. The molecule has 6 nitrogen and oxygen atoms in total. The highest BCUT2D eigenvalue weighted by molar-refractivity contribution is 5.80. The molecule has 0 amide bonds. The van der Waals surface area contributed by atoms with Gasteiger partial charge in [-0.05, 0) is 18.2 Å². The molecule has 0 saturated carbocycles. The summed E-state index contributed by atoms with van der Waals surface area (Å²) in [5.41, 5.74) is 8.58. The zero-order chi connectivity index (χ0) is 13.5. The first-order valence-corrected chi connectivity index (χ1v) is 6.31. The van der Waals surface area contributed by atoms with E-state index in [2.05, 4.69) is 9.97 Å². The highest BCUT2D eigenvalue weighted by Gasteiger charge is 2.15. The van der Waals surface area contributed by atoms with Crippen LogP contribution >= 0.6 is 0 Å². The zero-order valence-electron chi connectivity index (χ0n) is 10.6. The molecule has 3 aromatic rings. The summed E-state index contributed by atoms with van der Waals surface area (Å²) in [6.45, 7) is 1.13. The number of anilines is 1. The van der Waals surface area contributed by atoms with Crippen LogP contribution in [-0.2, 0) is 0 Å². The first-order chi connectivity index (χ1) is 9.83. The van der Waals surface area contributed by atoms with Gasteiger partial charge in [0.05, 0.1) is 17.4 Å². The van der Waals surface area contributed by atoms with Crippen molar-refractivity contribution < 1.29 is 9.47 Å². The lowest BCUT2D eigenvalue weighted by atomic mass is 10.2. The van der Waals surface area contributed by atoms with Gasteiger partial charge in [0, 0.05) is 12.3 Å². The molecule has 0 saturated heterocycles. The van der Waals surface area contributed by atoms with Gasteiger partial charge in [-0.3, -0.25) is 9.55 Å². The average Bonchev–Trinajstić information content (AvgIpc) is 2.82. The van der Waals surface area contributed by atoms with Crippen LogP contribution in [0, 0.1) is 0 Å². The van der Waals surface area contributed by atoms with E-state index < -0.39 is 0 Å². The Balaban J connectivity index is 1.93. The fourth-order valence-corrected chi connectivity index (χ4v) is 2.39. The van der Waals surface area contributed by atoms with Crippen LogP contribution in [0.3, 0.4) is 0 Å². The van der Waals surface area contributed by atoms with Crippen LogP contribution in [0.2, 0.25) is 0 Å². The van der Waals surface area contributed by atoms with Crippen molar-refractivity contribution in [2.24, 2.45) is 0 Å². The van der Waals surface area contributed by atoms with Crippen LogP contribution in [0.5, 0.6) is 11.5 Å². The fourth-order valence-electron chi connectivity index (χ4n) is 2.39. The van der Waals surface area contributed by atoms with Gasteiger partial charge in [-0.25, -0.2) is 4.98 Å². The third-order valence-electron chi connectivity index (χ3n) is 3.27. The lowest BCUT2D eigenvalue weighted by molar-refractivity contribution is 0.171. The summed E-state index contributed by atoms with van der Waals surface area (Å²) in [6.07, 6.45) is 3.41. The van der Waals surface area contributed by atoms with Gasteiger partial charge in [-0.15, -0.1) is 0 Å². The molecule has 0 unspecified atom stereocenters. The molecule has 3 heterocycles. The van der Waals surface area contributed by atoms with Gasteiger partial charge < -0.3 is 15.2 Å². The number of hydrogen-bond donors (Lipinski definition) is 1. The fraction of sp³-hybridized carbons (Fsp3) is 0.143. The molecule has 2 N–H and O–H groups in total. The maximum absolute atomic E-state index is 6.01. The Bertz CT molecular complexity index is 797. The monoisotopic (exact) mass is 268 g/mol. The second-order valence-corrected chi connectivity index (χ2v) is 4.50. The van der Waals surface area contributed by atoms with Crippen LogP contribution < -0.4 is 15.2 Å². The Morgan fingerprint density at radius 1 is 1.10 bits per heavy atom. The molecule has 0 aliphatic carbocycles.